The van der Waals surface area contributed by atoms with E-state index in [-0.39, 0.29) is 18.2 Å². The van der Waals surface area contributed by atoms with Crippen LogP contribution in [0.3, 0.4) is 0 Å². The SMILES string of the molecule is CC(N)c1ccc(F)cc1OC(F)F.Cl. The minimum atomic E-state index is -2.98. The smallest absolute Gasteiger partial charge is 0.387 e. The maximum Gasteiger partial charge on any atom is 0.387 e. The molecule has 0 amide bonds. The lowest BCUT2D eigenvalue weighted by Gasteiger charge is -2.12. The number of ether oxygens (including phenoxy) is 1. The second-order valence-electron chi connectivity index (χ2n) is 2.85. The first-order valence-electron chi connectivity index (χ1n) is 4.00. The van der Waals surface area contributed by atoms with Crippen LogP contribution in [0.5, 0.6) is 5.75 Å². The Kier molecular flexibility index (Phi) is 5.46. The van der Waals surface area contributed by atoms with Crippen LogP contribution in [-0.2, 0) is 0 Å². The number of benzene rings is 1. The summed E-state index contributed by atoms with van der Waals surface area (Å²) in [5.41, 5.74) is 5.85. The zero-order chi connectivity index (χ0) is 10.7. The molecule has 2 N–H and O–H groups in total. The molecule has 1 atom stereocenters. The molecule has 0 saturated heterocycles. The first-order valence-corrected chi connectivity index (χ1v) is 4.00. The minimum Gasteiger partial charge on any atom is -0.434 e. The molecule has 2 nitrogen and oxygen atoms in total. The highest BCUT2D eigenvalue weighted by Gasteiger charge is 2.13. The lowest BCUT2D eigenvalue weighted by atomic mass is 10.1. The van der Waals surface area contributed by atoms with Gasteiger partial charge >= 0.3 is 6.61 Å². The molecule has 15 heavy (non-hydrogen) atoms. The summed E-state index contributed by atoms with van der Waals surface area (Å²) in [4.78, 5) is 0. The second-order valence-corrected chi connectivity index (χ2v) is 2.85. The lowest BCUT2D eigenvalue weighted by Crippen LogP contribution is -2.10. The summed E-state index contributed by atoms with van der Waals surface area (Å²) in [6.45, 7) is -1.37. The summed E-state index contributed by atoms with van der Waals surface area (Å²) in [6, 6.07) is 2.89. The van der Waals surface area contributed by atoms with Gasteiger partial charge in [0.25, 0.3) is 0 Å². The van der Waals surface area contributed by atoms with Crippen molar-refractivity contribution < 1.29 is 17.9 Å². The Morgan fingerprint density at radius 3 is 2.40 bits per heavy atom. The number of hydrogen-bond donors (Lipinski definition) is 1. The summed E-state index contributed by atoms with van der Waals surface area (Å²) < 4.78 is 40.6. The highest BCUT2D eigenvalue weighted by molar-refractivity contribution is 5.85. The average molecular weight is 242 g/mol. The third-order valence-corrected chi connectivity index (χ3v) is 1.68. The zero-order valence-corrected chi connectivity index (χ0v) is 8.73. The molecule has 0 saturated carbocycles. The Labute approximate surface area is 91.6 Å². The van der Waals surface area contributed by atoms with Crippen molar-refractivity contribution >= 4 is 12.4 Å². The van der Waals surface area contributed by atoms with Gasteiger partial charge in [0.15, 0.2) is 0 Å². The molecule has 0 fully saturated rings. The predicted octanol–water partition coefficient (Wildman–Crippen LogP) is 2.87. The molecule has 0 heterocycles. The van der Waals surface area contributed by atoms with Crippen LogP contribution in [0, 0.1) is 5.82 Å². The lowest BCUT2D eigenvalue weighted by molar-refractivity contribution is -0.0507. The zero-order valence-electron chi connectivity index (χ0n) is 7.91. The van der Waals surface area contributed by atoms with E-state index < -0.39 is 18.5 Å². The molecule has 1 rings (SSSR count). The van der Waals surface area contributed by atoms with Crippen LogP contribution in [0.1, 0.15) is 18.5 Å². The fraction of sp³-hybridized carbons (Fsp3) is 0.333. The Hall–Kier alpha value is -0.940. The number of halogens is 4. The van der Waals surface area contributed by atoms with Crippen molar-refractivity contribution in [3.8, 4) is 5.75 Å². The van der Waals surface area contributed by atoms with Gasteiger partial charge in [0.2, 0.25) is 0 Å². The van der Waals surface area contributed by atoms with E-state index in [9.17, 15) is 13.2 Å². The van der Waals surface area contributed by atoms with Gasteiger partial charge in [0, 0.05) is 17.7 Å². The van der Waals surface area contributed by atoms with E-state index >= 15 is 0 Å². The molecule has 0 bridgehead atoms. The average Bonchev–Trinajstić information content (AvgIpc) is 2.01. The molecule has 0 radical (unpaired) electrons. The topological polar surface area (TPSA) is 35.2 Å². The van der Waals surface area contributed by atoms with Crippen molar-refractivity contribution in [3.05, 3.63) is 29.6 Å². The van der Waals surface area contributed by atoms with E-state index in [0.29, 0.717) is 5.56 Å². The van der Waals surface area contributed by atoms with Crippen LogP contribution in [0.25, 0.3) is 0 Å². The fourth-order valence-electron chi connectivity index (χ4n) is 1.08. The van der Waals surface area contributed by atoms with Gasteiger partial charge in [-0.2, -0.15) is 8.78 Å². The van der Waals surface area contributed by atoms with Crippen molar-refractivity contribution in [2.45, 2.75) is 19.6 Å². The van der Waals surface area contributed by atoms with Gasteiger partial charge in [-0.25, -0.2) is 4.39 Å². The third kappa shape index (κ3) is 3.97. The molecule has 0 aliphatic carbocycles. The molecule has 0 aliphatic rings. The van der Waals surface area contributed by atoms with Crippen molar-refractivity contribution in [3.63, 3.8) is 0 Å². The Morgan fingerprint density at radius 2 is 1.93 bits per heavy atom. The molecule has 1 unspecified atom stereocenters. The Bertz CT molecular complexity index is 320. The van der Waals surface area contributed by atoms with Crippen LogP contribution >= 0.6 is 12.4 Å². The van der Waals surface area contributed by atoms with Gasteiger partial charge < -0.3 is 10.5 Å². The summed E-state index contributed by atoms with van der Waals surface area (Å²) in [7, 11) is 0. The van der Waals surface area contributed by atoms with E-state index in [2.05, 4.69) is 4.74 Å². The summed E-state index contributed by atoms with van der Waals surface area (Å²) in [6.07, 6.45) is 0. The van der Waals surface area contributed by atoms with E-state index in [1.165, 1.54) is 6.07 Å². The highest BCUT2D eigenvalue weighted by Crippen LogP contribution is 2.26. The standard InChI is InChI=1S/C9H10F3NO.ClH/c1-5(13)7-3-2-6(10)4-8(7)14-9(11)12;/h2-5,9H,13H2,1H3;1H. The van der Waals surface area contributed by atoms with Gasteiger partial charge in [-0.1, -0.05) is 6.07 Å². The summed E-state index contributed by atoms with van der Waals surface area (Å²) in [5, 5.41) is 0. The van der Waals surface area contributed by atoms with E-state index in [1.807, 2.05) is 0 Å². The molecular formula is C9H11ClF3NO. The maximum absolute atomic E-state index is 12.7. The quantitative estimate of drug-likeness (QED) is 0.883. The highest BCUT2D eigenvalue weighted by atomic mass is 35.5. The van der Waals surface area contributed by atoms with Gasteiger partial charge in [-0.3, -0.25) is 0 Å². The molecule has 0 spiro atoms. The second kappa shape index (κ2) is 5.82. The van der Waals surface area contributed by atoms with E-state index in [1.54, 1.807) is 6.92 Å². The Balaban J connectivity index is 0.00000196. The van der Waals surface area contributed by atoms with Crippen LogP contribution in [-0.4, -0.2) is 6.61 Å². The first-order chi connectivity index (χ1) is 6.50. The normalized spacial score (nSPS) is 12.1. The van der Waals surface area contributed by atoms with E-state index in [4.69, 9.17) is 5.73 Å². The summed E-state index contributed by atoms with van der Waals surface area (Å²) in [5.74, 6) is -0.847. The van der Waals surface area contributed by atoms with Crippen LogP contribution in [0.2, 0.25) is 0 Å². The predicted molar refractivity (Wildman–Crippen MR) is 52.9 cm³/mol. The third-order valence-electron chi connectivity index (χ3n) is 1.68. The van der Waals surface area contributed by atoms with Crippen molar-refractivity contribution in [1.82, 2.24) is 0 Å². The van der Waals surface area contributed by atoms with Crippen LogP contribution in [0.15, 0.2) is 18.2 Å². The largest absolute Gasteiger partial charge is 0.434 e. The van der Waals surface area contributed by atoms with Crippen molar-refractivity contribution in [1.29, 1.82) is 0 Å². The molecule has 1 aromatic carbocycles. The van der Waals surface area contributed by atoms with Crippen molar-refractivity contribution in [2.75, 3.05) is 0 Å². The molecule has 86 valence electrons. The van der Waals surface area contributed by atoms with Crippen molar-refractivity contribution in [2.24, 2.45) is 5.73 Å². The maximum atomic E-state index is 12.7. The minimum absolute atomic E-state index is 0. The number of hydrogen-bond acceptors (Lipinski definition) is 2. The van der Waals surface area contributed by atoms with Crippen LogP contribution < -0.4 is 10.5 Å². The number of alkyl halides is 2. The van der Waals surface area contributed by atoms with E-state index in [0.717, 1.165) is 12.1 Å². The molecular weight excluding hydrogens is 231 g/mol. The number of rotatable bonds is 3. The number of nitrogens with two attached hydrogens (primary N) is 1. The Morgan fingerprint density at radius 1 is 1.33 bits per heavy atom. The van der Waals surface area contributed by atoms with Gasteiger partial charge in [-0.05, 0) is 13.0 Å². The van der Waals surface area contributed by atoms with Gasteiger partial charge in [0.1, 0.15) is 11.6 Å². The molecule has 6 heteroatoms. The fourth-order valence-corrected chi connectivity index (χ4v) is 1.08. The molecule has 0 aliphatic heterocycles. The van der Waals surface area contributed by atoms with Crippen LogP contribution in [0.4, 0.5) is 13.2 Å². The van der Waals surface area contributed by atoms with Gasteiger partial charge in [0.05, 0.1) is 0 Å². The first kappa shape index (κ1) is 14.1. The molecule has 0 aromatic heterocycles. The van der Waals surface area contributed by atoms with Gasteiger partial charge in [-0.15, -0.1) is 12.4 Å². The monoisotopic (exact) mass is 241 g/mol. The summed E-state index contributed by atoms with van der Waals surface area (Å²) >= 11 is 0. The molecule has 1 aromatic rings.